The van der Waals surface area contributed by atoms with Crippen LogP contribution in [0.15, 0.2) is 58.4 Å². The summed E-state index contributed by atoms with van der Waals surface area (Å²) in [5.74, 6) is -0.925. The number of rotatable bonds is 8. The number of halogens is 1. The van der Waals surface area contributed by atoms with Crippen molar-refractivity contribution in [1.82, 2.24) is 10.1 Å². The highest BCUT2D eigenvalue weighted by atomic mass is 32.1. The van der Waals surface area contributed by atoms with Crippen LogP contribution in [0.4, 0.5) is 14.9 Å². The van der Waals surface area contributed by atoms with Crippen molar-refractivity contribution in [2.75, 3.05) is 11.9 Å². The molecule has 10 heteroatoms. The maximum atomic E-state index is 13.7. The van der Waals surface area contributed by atoms with Gasteiger partial charge in [-0.2, -0.15) is 0 Å². The molecular weight excluding hydrogens is 461 g/mol. The third-order valence-corrected chi connectivity index (χ3v) is 5.86. The molecule has 0 aliphatic heterocycles. The lowest BCUT2D eigenvalue weighted by molar-refractivity contribution is -0.136. The fourth-order valence-corrected chi connectivity index (χ4v) is 4.20. The second kappa shape index (κ2) is 10.3. The summed E-state index contributed by atoms with van der Waals surface area (Å²) in [6.45, 7) is 1.63. The Labute approximate surface area is 198 Å². The zero-order valence-electron chi connectivity index (χ0n) is 18.1. The number of nitrogens with one attached hydrogen (secondary N) is 1. The number of carboxylic acid groups (broad SMARTS) is 1. The highest BCUT2D eigenvalue weighted by molar-refractivity contribution is 7.13. The predicted octanol–water partition coefficient (Wildman–Crippen LogP) is 5.33. The molecule has 0 saturated carbocycles. The minimum atomic E-state index is -0.934. The number of amides is 1. The molecule has 0 saturated heterocycles. The summed E-state index contributed by atoms with van der Waals surface area (Å²) in [4.78, 5) is 28.1. The van der Waals surface area contributed by atoms with E-state index in [4.69, 9.17) is 9.26 Å². The SMILES string of the molecule is Cc1onc(-c2csc(-c3ccccc3CC(=O)O)n2)c1NC(=O)OCCc1ccccc1F. The quantitative estimate of drug-likeness (QED) is 0.349. The van der Waals surface area contributed by atoms with Gasteiger partial charge >= 0.3 is 12.1 Å². The molecular formula is C24H20FN3O5S. The van der Waals surface area contributed by atoms with Gasteiger partial charge in [0.2, 0.25) is 0 Å². The van der Waals surface area contributed by atoms with Gasteiger partial charge in [-0.05, 0) is 24.1 Å². The molecule has 2 aromatic carbocycles. The van der Waals surface area contributed by atoms with E-state index in [0.29, 0.717) is 44.5 Å². The van der Waals surface area contributed by atoms with Gasteiger partial charge in [-0.15, -0.1) is 11.3 Å². The molecule has 2 aromatic heterocycles. The summed E-state index contributed by atoms with van der Waals surface area (Å²) in [6.07, 6.45) is -0.619. The number of aryl methyl sites for hydroxylation is 1. The highest BCUT2D eigenvalue weighted by Gasteiger charge is 2.21. The number of hydrogen-bond acceptors (Lipinski definition) is 7. The van der Waals surface area contributed by atoms with Gasteiger partial charge in [0.25, 0.3) is 0 Å². The Balaban J connectivity index is 1.47. The van der Waals surface area contributed by atoms with Crippen LogP contribution in [0.5, 0.6) is 0 Å². The van der Waals surface area contributed by atoms with Crippen LogP contribution in [0.25, 0.3) is 22.0 Å². The Bertz CT molecular complexity index is 1330. The topological polar surface area (TPSA) is 115 Å². The Morgan fingerprint density at radius 1 is 1.15 bits per heavy atom. The van der Waals surface area contributed by atoms with Gasteiger partial charge in [-0.3, -0.25) is 10.1 Å². The Hall–Kier alpha value is -4.05. The van der Waals surface area contributed by atoms with Gasteiger partial charge in [0, 0.05) is 17.4 Å². The van der Waals surface area contributed by atoms with E-state index in [9.17, 15) is 19.1 Å². The van der Waals surface area contributed by atoms with E-state index in [1.807, 2.05) is 6.07 Å². The number of benzene rings is 2. The summed E-state index contributed by atoms with van der Waals surface area (Å²) in [5, 5.41) is 18.2. The molecule has 4 aromatic rings. The fraction of sp³-hybridized carbons (Fsp3) is 0.167. The number of hydrogen-bond donors (Lipinski definition) is 2. The second-order valence-corrected chi connectivity index (χ2v) is 8.19. The number of nitrogens with zero attached hydrogens (tertiary/aromatic N) is 2. The molecule has 2 heterocycles. The fourth-order valence-electron chi connectivity index (χ4n) is 3.34. The van der Waals surface area contributed by atoms with E-state index in [1.165, 1.54) is 17.4 Å². The zero-order valence-corrected chi connectivity index (χ0v) is 18.9. The van der Waals surface area contributed by atoms with Crippen molar-refractivity contribution in [3.05, 3.63) is 76.6 Å². The van der Waals surface area contributed by atoms with Crippen molar-refractivity contribution in [3.8, 4) is 22.0 Å². The van der Waals surface area contributed by atoms with Crippen LogP contribution in [0.3, 0.4) is 0 Å². The molecule has 4 rings (SSSR count). The van der Waals surface area contributed by atoms with Crippen LogP contribution in [0.1, 0.15) is 16.9 Å². The predicted molar refractivity (Wildman–Crippen MR) is 124 cm³/mol. The summed E-state index contributed by atoms with van der Waals surface area (Å²) >= 11 is 1.32. The molecule has 0 bridgehead atoms. The van der Waals surface area contributed by atoms with Crippen LogP contribution >= 0.6 is 11.3 Å². The summed E-state index contributed by atoms with van der Waals surface area (Å²) in [6, 6.07) is 13.4. The van der Waals surface area contributed by atoms with Crippen molar-refractivity contribution < 1.29 is 28.3 Å². The number of carbonyl (C=O) groups excluding carboxylic acids is 1. The average molecular weight is 482 g/mol. The number of anilines is 1. The molecule has 0 unspecified atom stereocenters. The number of aliphatic carboxylic acids is 1. The molecule has 0 atom stereocenters. The Kier molecular flexibility index (Phi) is 6.98. The molecule has 1 amide bonds. The van der Waals surface area contributed by atoms with E-state index in [1.54, 1.807) is 48.7 Å². The van der Waals surface area contributed by atoms with Crippen molar-refractivity contribution >= 4 is 29.1 Å². The van der Waals surface area contributed by atoms with Gasteiger partial charge in [0.05, 0.1) is 13.0 Å². The normalized spacial score (nSPS) is 10.8. The van der Waals surface area contributed by atoms with Gasteiger partial charge < -0.3 is 14.4 Å². The summed E-state index contributed by atoms with van der Waals surface area (Å²) in [5.41, 5.74) is 2.90. The lowest BCUT2D eigenvalue weighted by Crippen LogP contribution is -2.16. The number of carbonyl (C=O) groups is 2. The molecule has 0 aliphatic rings. The molecule has 2 N–H and O–H groups in total. The van der Waals surface area contributed by atoms with Crippen molar-refractivity contribution in [3.63, 3.8) is 0 Å². The third kappa shape index (κ3) is 5.29. The lowest BCUT2D eigenvalue weighted by atomic mass is 10.1. The largest absolute Gasteiger partial charge is 0.481 e. The first-order valence-electron chi connectivity index (χ1n) is 10.3. The molecule has 0 spiro atoms. The van der Waals surface area contributed by atoms with E-state index in [0.717, 1.165) is 0 Å². The molecule has 174 valence electrons. The minimum absolute atomic E-state index is 0.00631. The maximum Gasteiger partial charge on any atom is 0.411 e. The zero-order chi connectivity index (χ0) is 24.1. The van der Waals surface area contributed by atoms with E-state index in [2.05, 4.69) is 15.5 Å². The standard InChI is InChI=1S/C24H20FN3O5S/c1-14-21(27-24(31)32-11-10-15-6-3-5-9-18(15)25)22(28-33-14)19-13-34-23(26-19)17-8-4-2-7-16(17)12-20(29)30/h2-9,13H,10-12H2,1H3,(H,27,31)(H,29,30). The lowest BCUT2D eigenvalue weighted by Gasteiger charge is -2.07. The monoisotopic (exact) mass is 481 g/mol. The number of aromatic nitrogens is 2. The maximum absolute atomic E-state index is 13.7. The van der Waals surface area contributed by atoms with E-state index < -0.39 is 12.1 Å². The molecule has 0 fully saturated rings. The van der Waals surface area contributed by atoms with Crippen LogP contribution in [-0.2, 0) is 22.4 Å². The second-order valence-electron chi connectivity index (χ2n) is 7.33. The van der Waals surface area contributed by atoms with Crippen LogP contribution in [0, 0.1) is 12.7 Å². The molecule has 34 heavy (non-hydrogen) atoms. The Morgan fingerprint density at radius 3 is 2.65 bits per heavy atom. The van der Waals surface area contributed by atoms with Crippen molar-refractivity contribution in [2.24, 2.45) is 0 Å². The first-order chi connectivity index (χ1) is 16.4. The van der Waals surface area contributed by atoms with E-state index >= 15 is 0 Å². The molecule has 0 aliphatic carbocycles. The van der Waals surface area contributed by atoms with Crippen LogP contribution < -0.4 is 5.32 Å². The van der Waals surface area contributed by atoms with Crippen molar-refractivity contribution in [2.45, 2.75) is 19.8 Å². The van der Waals surface area contributed by atoms with E-state index in [-0.39, 0.29) is 25.3 Å². The summed E-state index contributed by atoms with van der Waals surface area (Å²) in [7, 11) is 0. The number of thiazole rings is 1. The average Bonchev–Trinajstić information content (AvgIpc) is 3.42. The first-order valence-corrected chi connectivity index (χ1v) is 11.2. The summed E-state index contributed by atoms with van der Waals surface area (Å²) < 4.78 is 24.1. The number of carboxylic acids is 1. The Morgan fingerprint density at radius 2 is 1.88 bits per heavy atom. The smallest absolute Gasteiger partial charge is 0.411 e. The first kappa shape index (κ1) is 23.1. The van der Waals surface area contributed by atoms with Gasteiger partial charge in [0.1, 0.15) is 22.2 Å². The highest BCUT2D eigenvalue weighted by Crippen LogP contribution is 2.35. The van der Waals surface area contributed by atoms with Crippen LogP contribution in [-0.4, -0.2) is 33.9 Å². The third-order valence-electron chi connectivity index (χ3n) is 4.99. The number of ether oxygens (including phenoxy) is 1. The van der Waals surface area contributed by atoms with Gasteiger partial charge in [-0.25, -0.2) is 14.2 Å². The van der Waals surface area contributed by atoms with Crippen LogP contribution in [0.2, 0.25) is 0 Å². The van der Waals surface area contributed by atoms with Gasteiger partial charge in [-0.1, -0.05) is 47.6 Å². The molecule has 0 radical (unpaired) electrons. The molecule has 8 nitrogen and oxygen atoms in total. The van der Waals surface area contributed by atoms with Gasteiger partial charge in [0.15, 0.2) is 11.5 Å². The van der Waals surface area contributed by atoms with Crippen molar-refractivity contribution in [1.29, 1.82) is 0 Å². The minimum Gasteiger partial charge on any atom is -0.481 e.